The van der Waals surface area contributed by atoms with Gasteiger partial charge in [0.25, 0.3) is 0 Å². The Kier molecular flexibility index (Phi) is 5.64. The number of rotatable bonds is 6. The van der Waals surface area contributed by atoms with Crippen LogP contribution >= 0.6 is 0 Å². The van der Waals surface area contributed by atoms with Gasteiger partial charge in [0.15, 0.2) is 0 Å². The largest absolute Gasteiger partial charge is 0.392 e. The smallest absolute Gasteiger partial charge is 0.0900 e. The molecule has 1 saturated heterocycles. The molecule has 1 rings (SSSR count). The molecule has 0 aromatic heterocycles. The van der Waals surface area contributed by atoms with Crippen LogP contribution in [0.3, 0.4) is 0 Å². The molecule has 5 nitrogen and oxygen atoms in total. The lowest BCUT2D eigenvalue weighted by Crippen LogP contribution is -2.42. The molecule has 0 radical (unpaired) electrons. The lowest BCUT2D eigenvalue weighted by atomic mass is 10.2. The summed E-state index contributed by atoms with van der Waals surface area (Å²) in [5, 5.41) is 19.3. The van der Waals surface area contributed by atoms with Gasteiger partial charge >= 0.3 is 0 Å². The van der Waals surface area contributed by atoms with Gasteiger partial charge in [-0.3, -0.25) is 4.90 Å². The molecule has 0 spiro atoms. The van der Waals surface area contributed by atoms with Gasteiger partial charge in [0.2, 0.25) is 0 Å². The molecule has 5 heteroatoms. The summed E-state index contributed by atoms with van der Waals surface area (Å²) in [7, 11) is 5.63. The number of ether oxygens (including phenoxy) is 1. The van der Waals surface area contributed by atoms with Gasteiger partial charge in [-0.2, -0.15) is 0 Å². The van der Waals surface area contributed by atoms with Gasteiger partial charge in [0.1, 0.15) is 0 Å². The zero-order valence-corrected chi connectivity index (χ0v) is 10.5. The van der Waals surface area contributed by atoms with Crippen molar-refractivity contribution in [2.45, 2.75) is 24.7 Å². The van der Waals surface area contributed by atoms with E-state index in [0.717, 1.165) is 13.0 Å². The molecule has 0 amide bonds. The van der Waals surface area contributed by atoms with Crippen molar-refractivity contribution in [1.29, 1.82) is 0 Å². The predicted octanol–water partition coefficient (Wildman–Crippen LogP) is -1.01. The second kappa shape index (κ2) is 6.51. The fraction of sp³-hybridized carbons (Fsp3) is 1.00. The first-order valence-electron chi connectivity index (χ1n) is 5.76. The molecule has 0 saturated carbocycles. The summed E-state index contributed by atoms with van der Waals surface area (Å²) in [6, 6.07) is 0.330. The first kappa shape index (κ1) is 13.9. The highest BCUT2D eigenvalue weighted by Gasteiger charge is 2.32. The zero-order chi connectivity index (χ0) is 12.1. The van der Waals surface area contributed by atoms with E-state index in [-0.39, 0.29) is 6.10 Å². The molecule has 1 aliphatic rings. The fourth-order valence-corrected chi connectivity index (χ4v) is 2.31. The van der Waals surface area contributed by atoms with E-state index in [4.69, 9.17) is 4.74 Å². The van der Waals surface area contributed by atoms with Crippen molar-refractivity contribution >= 4 is 0 Å². The summed E-state index contributed by atoms with van der Waals surface area (Å²) in [6.45, 7) is 2.49. The number of likely N-dealkylation sites (N-methyl/N-ethyl adjacent to an activating group) is 1. The molecular formula is C11H24N2O3. The van der Waals surface area contributed by atoms with Crippen molar-refractivity contribution in [3.63, 3.8) is 0 Å². The van der Waals surface area contributed by atoms with Crippen LogP contribution in [0, 0.1) is 0 Å². The fourth-order valence-electron chi connectivity index (χ4n) is 2.31. The van der Waals surface area contributed by atoms with E-state index < -0.39 is 6.10 Å². The van der Waals surface area contributed by atoms with Crippen LogP contribution < -0.4 is 0 Å². The van der Waals surface area contributed by atoms with Crippen molar-refractivity contribution < 1.29 is 14.9 Å². The van der Waals surface area contributed by atoms with Crippen LogP contribution in [-0.2, 0) is 4.74 Å². The Balaban J connectivity index is 2.42. The van der Waals surface area contributed by atoms with E-state index in [1.807, 2.05) is 14.1 Å². The first-order valence-corrected chi connectivity index (χ1v) is 5.76. The van der Waals surface area contributed by atoms with E-state index in [1.54, 1.807) is 7.11 Å². The van der Waals surface area contributed by atoms with E-state index in [9.17, 15) is 10.2 Å². The highest BCUT2D eigenvalue weighted by Crippen LogP contribution is 2.18. The van der Waals surface area contributed by atoms with Gasteiger partial charge in [-0.05, 0) is 20.5 Å². The maximum Gasteiger partial charge on any atom is 0.0900 e. The minimum absolute atomic E-state index is 0.264. The number of aliphatic hydroxyl groups is 2. The maximum atomic E-state index is 9.69. The molecule has 96 valence electrons. The summed E-state index contributed by atoms with van der Waals surface area (Å²) in [5.41, 5.74) is 0. The molecule has 1 heterocycles. The average Bonchev–Trinajstić information content (AvgIpc) is 2.45. The predicted molar refractivity (Wildman–Crippen MR) is 62.4 cm³/mol. The highest BCUT2D eigenvalue weighted by atomic mass is 16.5. The second-order valence-electron chi connectivity index (χ2n) is 4.87. The number of aliphatic hydroxyl groups excluding tert-OH is 2. The monoisotopic (exact) mass is 232 g/mol. The molecule has 0 aliphatic carbocycles. The third-order valence-corrected chi connectivity index (χ3v) is 2.89. The summed E-state index contributed by atoms with van der Waals surface area (Å²) < 4.78 is 4.91. The van der Waals surface area contributed by atoms with E-state index >= 15 is 0 Å². The van der Waals surface area contributed by atoms with Crippen molar-refractivity contribution in [3.8, 4) is 0 Å². The molecule has 0 aromatic carbocycles. The zero-order valence-electron chi connectivity index (χ0n) is 10.5. The number of methoxy groups -OCH3 is 1. The van der Waals surface area contributed by atoms with Crippen LogP contribution in [0.15, 0.2) is 0 Å². The van der Waals surface area contributed by atoms with Crippen LogP contribution in [0.2, 0.25) is 0 Å². The third-order valence-electron chi connectivity index (χ3n) is 2.89. The SMILES string of the molecule is COCC(O)CN1CC(O)CC1CN(C)C. The summed E-state index contributed by atoms with van der Waals surface area (Å²) in [4.78, 5) is 4.26. The normalized spacial score (nSPS) is 28.9. The number of β-amino-alcohol motifs (C(OH)–C–C–N with tert-alkyl or cyclic N) is 2. The first-order chi connectivity index (χ1) is 7.52. The average molecular weight is 232 g/mol. The molecule has 16 heavy (non-hydrogen) atoms. The molecule has 1 fully saturated rings. The molecule has 3 atom stereocenters. The van der Waals surface area contributed by atoms with Gasteiger partial charge in [0, 0.05) is 32.8 Å². The quantitative estimate of drug-likeness (QED) is 0.614. The molecule has 3 unspecified atom stereocenters. The standard InChI is InChI=1S/C11H24N2O3/c1-12(2)5-9-4-10(14)6-13(9)7-11(15)8-16-3/h9-11,14-15H,4-8H2,1-3H3. The van der Waals surface area contributed by atoms with Gasteiger partial charge < -0.3 is 19.8 Å². The van der Waals surface area contributed by atoms with Gasteiger partial charge in [0.05, 0.1) is 18.8 Å². The van der Waals surface area contributed by atoms with Crippen LogP contribution in [0.5, 0.6) is 0 Å². The van der Waals surface area contributed by atoms with E-state index in [0.29, 0.717) is 25.7 Å². The molecule has 0 aromatic rings. The Morgan fingerprint density at radius 2 is 2.19 bits per heavy atom. The Morgan fingerprint density at radius 1 is 1.50 bits per heavy atom. The van der Waals surface area contributed by atoms with Crippen molar-refractivity contribution in [2.75, 3.05) is 47.4 Å². The van der Waals surface area contributed by atoms with Crippen molar-refractivity contribution in [3.05, 3.63) is 0 Å². The minimum Gasteiger partial charge on any atom is -0.392 e. The lowest BCUT2D eigenvalue weighted by molar-refractivity contribution is 0.0305. The maximum absolute atomic E-state index is 9.69. The molecule has 0 bridgehead atoms. The second-order valence-corrected chi connectivity index (χ2v) is 4.87. The number of hydrogen-bond donors (Lipinski definition) is 2. The van der Waals surface area contributed by atoms with Crippen LogP contribution in [0.4, 0.5) is 0 Å². The van der Waals surface area contributed by atoms with Gasteiger partial charge in [-0.25, -0.2) is 0 Å². The van der Waals surface area contributed by atoms with Gasteiger partial charge in [-0.1, -0.05) is 0 Å². The third kappa shape index (κ3) is 4.35. The van der Waals surface area contributed by atoms with Crippen LogP contribution in [0.1, 0.15) is 6.42 Å². The van der Waals surface area contributed by atoms with Crippen LogP contribution in [0.25, 0.3) is 0 Å². The minimum atomic E-state index is -0.472. The van der Waals surface area contributed by atoms with Crippen molar-refractivity contribution in [2.24, 2.45) is 0 Å². The van der Waals surface area contributed by atoms with Gasteiger partial charge in [-0.15, -0.1) is 0 Å². The summed E-state index contributed by atoms with van der Waals surface area (Å²) >= 11 is 0. The Bertz CT molecular complexity index is 202. The molecule has 2 N–H and O–H groups in total. The Hall–Kier alpha value is -0.200. The summed E-state index contributed by atoms with van der Waals surface area (Å²) in [5.74, 6) is 0. The Labute approximate surface area is 97.6 Å². The number of nitrogens with zero attached hydrogens (tertiary/aromatic N) is 2. The number of likely N-dealkylation sites (tertiary alicyclic amines) is 1. The van der Waals surface area contributed by atoms with E-state index in [2.05, 4.69) is 9.80 Å². The molecular weight excluding hydrogens is 208 g/mol. The highest BCUT2D eigenvalue weighted by molar-refractivity contribution is 4.87. The summed E-state index contributed by atoms with van der Waals surface area (Å²) in [6.07, 6.45) is 0.0531. The van der Waals surface area contributed by atoms with Crippen molar-refractivity contribution in [1.82, 2.24) is 9.80 Å². The molecule has 1 aliphatic heterocycles. The number of hydrogen-bond acceptors (Lipinski definition) is 5. The topological polar surface area (TPSA) is 56.2 Å². The van der Waals surface area contributed by atoms with E-state index in [1.165, 1.54) is 0 Å². The van der Waals surface area contributed by atoms with Crippen LogP contribution in [-0.4, -0.2) is 85.7 Å². The Morgan fingerprint density at radius 3 is 2.75 bits per heavy atom. The lowest BCUT2D eigenvalue weighted by Gasteiger charge is -2.28.